The highest BCUT2D eigenvalue weighted by atomic mass is 35.5. The number of hydrogen-bond donors (Lipinski definition) is 1. The average molecular weight is 433 g/mol. The van der Waals surface area contributed by atoms with Gasteiger partial charge in [-0.25, -0.2) is 0 Å². The molecule has 0 spiro atoms. The number of para-hydroxylation sites is 1. The van der Waals surface area contributed by atoms with Crippen molar-refractivity contribution in [3.63, 3.8) is 0 Å². The predicted molar refractivity (Wildman–Crippen MR) is 125 cm³/mol. The Labute approximate surface area is 185 Å². The van der Waals surface area contributed by atoms with E-state index >= 15 is 0 Å². The Kier molecular flexibility index (Phi) is 5.05. The number of rotatable bonds is 3. The molecule has 0 fully saturated rings. The molecule has 150 valence electrons. The highest BCUT2D eigenvalue weighted by Crippen LogP contribution is 2.39. The highest BCUT2D eigenvalue weighted by Gasteiger charge is 2.35. The second-order valence-electron chi connectivity index (χ2n) is 7.47. The lowest BCUT2D eigenvalue weighted by molar-refractivity contribution is 0.0692. The van der Waals surface area contributed by atoms with Crippen molar-refractivity contribution in [1.29, 1.82) is 0 Å². The van der Waals surface area contributed by atoms with E-state index in [0.29, 0.717) is 17.1 Å². The fourth-order valence-electron chi connectivity index (χ4n) is 4.38. The van der Waals surface area contributed by atoms with Crippen molar-refractivity contribution in [2.45, 2.75) is 17.4 Å². The first-order valence-electron chi connectivity index (χ1n) is 9.96. The first-order chi connectivity index (χ1) is 14.7. The molecule has 1 N–H and O–H groups in total. The summed E-state index contributed by atoms with van der Waals surface area (Å²) in [6.07, 6.45) is 2.88. The van der Waals surface area contributed by atoms with Gasteiger partial charge in [0.05, 0.1) is 16.6 Å². The van der Waals surface area contributed by atoms with Crippen molar-refractivity contribution in [2.75, 3.05) is 12.8 Å². The number of aromatic amines is 1. The van der Waals surface area contributed by atoms with E-state index in [1.807, 2.05) is 23.1 Å². The lowest BCUT2D eigenvalue weighted by Gasteiger charge is -2.36. The molecule has 1 amide bonds. The van der Waals surface area contributed by atoms with Crippen LogP contribution in [0.2, 0.25) is 5.02 Å². The Bertz CT molecular complexity index is 1230. The molecule has 1 atom stereocenters. The third-order valence-electron chi connectivity index (χ3n) is 5.83. The summed E-state index contributed by atoms with van der Waals surface area (Å²) in [5.74, 6) is -0.0381. The Morgan fingerprint density at radius 1 is 1.03 bits per heavy atom. The molecular weight excluding hydrogens is 412 g/mol. The molecule has 0 bridgehead atoms. The van der Waals surface area contributed by atoms with Crippen molar-refractivity contribution in [3.8, 4) is 0 Å². The van der Waals surface area contributed by atoms with Gasteiger partial charge in [-0.15, -0.1) is 11.8 Å². The number of amides is 1. The summed E-state index contributed by atoms with van der Waals surface area (Å²) in [4.78, 5) is 20.3. The number of benzene rings is 3. The van der Waals surface area contributed by atoms with Crippen molar-refractivity contribution in [3.05, 3.63) is 100 Å². The zero-order valence-electron chi connectivity index (χ0n) is 16.6. The van der Waals surface area contributed by atoms with E-state index in [-0.39, 0.29) is 11.9 Å². The van der Waals surface area contributed by atoms with Crippen LogP contribution in [-0.2, 0) is 6.42 Å². The Morgan fingerprint density at radius 3 is 2.53 bits per heavy atom. The van der Waals surface area contributed by atoms with Gasteiger partial charge in [0.25, 0.3) is 5.91 Å². The molecule has 4 aromatic rings. The quantitative estimate of drug-likeness (QED) is 0.384. The molecule has 0 saturated carbocycles. The molecule has 0 aliphatic carbocycles. The second-order valence-corrected chi connectivity index (χ2v) is 8.75. The largest absolute Gasteiger partial charge is 0.356 e. The van der Waals surface area contributed by atoms with Crippen LogP contribution in [0.3, 0.4) is 0 Å². The summed E-state index contributed by atoms with van der Waals surface area (Å²) in [5.41, 5.74) is 5.15. The molecule has 1 aliphatic heterocycles. The van der Waals surface area contributed by atoms with Crippen molar-refractivity contribution >= 4 is 40.2 Å². The average Bonchev–Trinajstić information content (AvgIpc) is 3.17. The van der Waals surface area contributed by atoms with E-state index in [2.05, 4.69) is 53.7 Å². The van der Waals surface area contributed by atoms with Crippen LogP contribution >= 0.6 is 23.4 Å². The number of halogens is 1. The molecule has 0 radical (unpaired) electrons. The lowest BCUT2D eigenvalue weighted by atomic mass is 9.91. The maximum absolute atomic E-state index is 13.6. The monoisotopic (exact) mass is 432 g/mol. The number of aromatic nitrogens is 1. The number of nitrogens with zero attached hydrogens (tertiary/aromatic N) is 1. The van der Waals surface area contributed by atoms with Crippen LogP contribution in [0.5, 0.6) is 0 Å². The molecule has 5 heteroatoms. The normalized spacial score (nSPS) is 15.9. The fourth-order valence-corrected chi connectivity index (χ4v) is 5.01. The summed E-state index contributed by atoms with van der Waals surface area (Å²) < 4.78 is 0. The molecule has 0 saturated heterocycles. The number of thioether (sulfide) groups is 1. The van der Waals surface area contributed by atoms with Crippen molar-refractivity contribution in [2.24, 2.45) is 0 Å². The number of nitrogens with one attached hydrogen (secondary N) is 1. The van der Waals surface area contributed by atoms with Gasteiger partial charge in [-0.3, -0.25) is 4.79 Å². The minimum absolute atomic E-state index is 0.0381. The number of hydrogen-bond acceptors (Lipinski definition) is 2. The molecule has 3 aromatic carbocycles. The number of H-pyrrole nitrogens is 1. The zero-order valence-corrected chi connectivity index (χ0v) is 18.1. The third kappa shape index (κ3) is 3.21. The summed E-state index contributed by atoms with van der Waals surface area (Å²) in [6, 6.07) is 24.0. The van der Waals surface area contributed by atoms with Gasteiger partial charge in [0.15, 0.2) is 0 Å². The standard InChI is InChI=1S/C25H21ClN2OS/c1-30-17-12-10-16(11-13-17)24-23-19(18-6-3-5-9-22(18)27-23)14-15-28(24)25(29)20-7-2-4-8-21(20)26/h2-13,24,27H,14-15H2,1H3/t24-/m0/s1. The first-order valence-corrected chi connectivity index (χ1v) is 11.6. The predicted octanol–water partition coefficient (Wildman–Crippen LogP) is 6.33. The molecule has 5 rings (SSSR count). The smallest absolute Gasteiger partial charge is 0.256 e. The van der Waals surface area contributed by atoms with Gasteiger partial charge in [-0.1, -0.05) is 54.1 Å². The molecule has 3 nitrogen and oxygen atoms in total. The lowest BCUT2D eigenvalue weighted by Crippen LogP contribution is -2.40. The van der Waals surface area contributed by atoms with Gasteiger partial charge in [0, 0.05) is 28.0 Å². The SMILES string of the molecule is CSc1ccc([C@H]2c3[nH]c4ccccc4c3CCN2C(=O)c2ccccc2Cl)cc1. The molecule has 2 heterocycles. The minimum Gasteiger partial charge on any atom is -0.356 e. The van der Waals surface area contributed by atoms with E-state index in [1.165, 1.54) is 15.8 Å². The van der Waals surface area contributed by atoms with Gasteiger partial charge < -0.3 is 9.88 Å². The van der Waals surface area contributed by atoms with Crippen molar-refractivity contribution in [1.82, 2.24) is 9.88 Å². The van der Waals surface area contributed by atoms with Crippen LogP contribution in [0.25, 0.3) is 10.9 Å². The van der Waals surface area contributed by atoms with Gasteiger partial charge in [0.2, 0.25) is 0 Å². The fraction of sp³-hybridized carbons (Fsp3) is 0.160. The van der Waals surface area contributed by atoms with Gasteiger partial charge >= 0.3 is 0 Å². The highest BCUT2D eigenvalue weighted by molar-refractivity contribution is 7.98. The van der Waals surface area contributed by atoms with Crippen LogP contribution < -0.4 is 0 Å². The minimum atomic E-state index is -0.180. The maximum Gasteiger partial charge on any atom is 0.256 e. The molecule has 0 unspecified atom stereocenters. The van der Waals surface area contributed by atoms with E-state index in [1.54, 1.807) is 23.9 Å². The summed E-state index contributed by atoms with van der Waals surface area (Å²) >= 11 is 8.09. The van der Waals surface area contributed by atoms with Crippen LogP contribution in [0.4, 0.5) is 0 Å². The summed E-state index contributed by atoms with van der Waals surface area (Å²) in [6.45, 7) is 0.647. The maximum atomic E-state index is 13.6. The van der Waals surface area contributed by atoms with Crippen LogP contribution in [0.1, 0.15) is 33.2 Å². The van der Waals surface area contributed by atoms with Gasteiger partial charge in [-0.2, -0.15) is 0 Å². The molecular formula is C25H21ClN2OS. The second kappa shape index (κ2) is 7.86. The third-order valence-corrected chi connectivity index (χ3v) is 6.90. The van der Waals surface area contributed by atoms with Crippen LogP contribution in [0, 0.1) is 0 Å². The Morgan fingerprint density at radius 2 is 1.77 bits per heavy atom. The number of carbonyl (C=O) groups is 1. The molecule has 1 aromatic heterocycles. The molecule has 30 heavy (non-hydrogen) atoms. The van der Waals surface area contributed by atoms with E-state index in [0.717, 1.165) is 23.2 Å². The summed E-state index contributed by atoms with van der Waals surface area (Å²) in [5, 5.41) is 1.73. The summed E-state index contributed by atoms with van der Waals surface area (Å²) in [7, 11) is 0. The van der Waals surface area contributed by atoms with E-state index in [4.69, 9.17) is 11.6 Å². The topological polar surface area (TPSA) is 36.1 Å². The van der Waals surface area contributed by atoms with Gasteiger partial charge in [0.1, 0.15) is 0 Å². The molecule has 1 aliphatic rings. The zero-order chi connectivity index (χ0) is 20.7. The van der Waals surface area contributed by atoms with Gasteiger partial charge in [-0.05, 0) is 54.1 Å². The van der Waals surface area contributed by atoms with E-state index < -0.39 is 0 Å². The Balaban J connectivity index is 1.66. The number of fused-ring (bicyclic) bond motifs is 3. The Hall–Kier alpha value is -2.69. The van der Waals surface area contributed by atoms with Crippen LogP contribution in [0.15, 0.2) is 77.7 Å². The van der Waals surface area contributed by atoms with E-state index in [9.17, 15) is 4.79 Å². The number of carbonyl (C=O) groups excluding carboxylic acids is 1. The van der Waals surface area contributed by atoms with Crippen LogP contribution in [-0.4, -0.2) is 28.6 Å². The first kappa shape index (κ1) is 19.3. The van der Waals surface area contributed by atoms with Crippen molar-refractivity contribution < 1.29 is 4.79 Å².